The van der Waals surface area contributed by atoms with E-state index in [1.807, 2.05) is 32.0 Å². The first-order chi connectivity index (χ1) is 9.00. The summed E-state index contributed by atoms with van der Waals surface area (Å²) in [5.41, 5.74) is 2.89. The molecule has 2 aromatic carbocycles. The number of benzene rings is 2. The van der Waals surface area contributed by atoms with Crippen molar-refractivity contribution in [3.63, 3.8) is 0 Å². The molecule has 0 aromatic heterocycles. The van der Waals surface area contributed by atoms with E-state index in [0.29, 0.717) is 15.7 Å². The van der Waals surface area contributed by atoms with Gasteiger partial charge in [-0.1, -0.05) is 18.2 Å². The van der Waals surface area contributed by atoms with Crippen molar-refractivity contribution < 1.29 is 9.90 Å². The molecule has 0 saturated heterocycles. The molecule has 0 heterocycles. The van der Waals surface area contributed by atoms with Gasteiger partial charge in [0.15, 0.2) is 0 Å². The summed E-state index contributed by atoms with van der Waals surface area (Å²) >= 11 is 3.28. The maximum absolute atomic E-state index is 12.1. The predicted octanol–water partition coefficient (Wildman–Crippen LogP) is 4.02. The van der Waals surface area contributed by atoms with Crippen LogP contribution in [0.1, 0.15) is 21.5 Å². The highest BCUT2D eigenvalue weighted by Crippen LogP contribution is 2.34. The summed E-state index contributed by atoms with van der Waals surface area (Å²) in [5.74, 6) is 0.0379. The monoisotopic (exact) mass is 319 g/mol. The smallest absolute Gasteiger partial charge is 0.255 e. The largest absolute Gasteiger partial charge is 0.506 e. The lowest BCUT2D eigenvalue weighted by Crippen LogP contribution is -2.13. The maximum atomic E-state index is 12.1. The number of hydrogen-bond acceptors (Lipinski definition) is 2. The van der Waals surface area contributed by atoms with Crippen molar-refractivity contribution in [3.8, 4) is 5.75 Å². The molecule has 0 saturated carbocycles. The molecule has 0 aliphatic heterocycles. The Morgan fingerprint density at radius 3 is 2.42 bits per heavy atom. The van der Waals surface area contributed by atoms with Crippen LogP contribution in [0, 0.1) is 13.8 Å². The van der Waals surface area contributed by atoms with Crippen LogP contribution in [0.5, 0.6) is 5.75 Å². The lowest BCUT2D eigenvalue weighted by molar-refractivity contribution is 0.102. The van der Waals surface area contributed by atoms with Crippen molar-refractivity contribution >= 4 is 27.5 Å². The number of phenols is 1. The summed E-state index contributed by atoms with van der Waals surface area (Å²) in [6.07, 6.45) is 0. The molecule has 0 spiro atoms. The molecule has 1 amide bonds. The number of rotatable bonds is 2. The third-order valence-electron chi connectivity index (χ3n) is 3.10. The topological polar surface area (TPSA) is 49.3 Å². The second-order valence-electron chi connectivity index (χ2n) is 4.32. The van der Waals surface area contributed by atoms with E-state index in [9.17, 15) is 9.90 Å². The number of anilines is 1. The van der Waals surface area contributed by atoms with Crippen LogP contribution >= 0.6 is 15.9 Å². The number of carbonyl (C=O) groups is 1. The van der Waals surface area contributed by atoms with Gasteiger partial charge in [-0.2, -0.15) is 0 Å². The van der Waals surface area contributed by atoms with Crippen LogP contribution in [0.4, 0.5) is 5.69 Å². The van der Waals surface area contributed by atoms with Crippen LogP contribution in [-0.2, 0) is 0 Å². The summed E-state index contributed by atoms with van der Waals surface area (Å²) in [6, 6.07) is 10.7. The lowest BCUT2D eigenvalue weighted by Gasteiger charge is -2.13. The van der Waals surface area contributed by atoms with Crippen molar-refractivity contribution in [2.24, 2.45) is 0 Å². The molecule has 0 bridgehead atoms. The minimum Gasteiger partial charge on any atom is -0.506 e. The number of carbonyl (C=O) groups excluding carboxylic acids is 1. The van der Waals surface area contributed by atoms with E-state index < -0.39 is 0 Å². The average Bonchev–Trinajstić information content (AvgIpc) is 2.43. The Hall–Kier alpha value is -1.81. The molecule has 0 aliphatic carbocycles. The molecule has 0 radical (unpaired) electrons. The number of nitrogens with one attached hydrogen (secondary N) is 1. The van der Waals surface area contributed by atoms with Crippen molar-refractivity contribution in [1.82, 2.24) is 0 Å². The molecule has 2 rings (SSSR count). The normalized spacial score (nSPS) is 10.3. The van der Waals surface area contributed by atoms with Gasteiger partial charge in [0.25, 0.3) is 5.91 Å². The minimum absolute atomic E-state index is 0.166. The SMILES string of the molecule is Cc1c(NC(=O)c2ccccc2)cc(Br)c(O)c1C. The molecular formula is C15H14BrNO2. The summed E-state index contributed by atoms with van der Waals surface area (Å²) < 4.78 is 0.568. The molecule has 2 aromatic rings. The Kier molecular flexibility index (Phi) is 3.90. The van der Waals surface area contributed by atoms with E-state index in [-0.39, 0.29) is 11.7 Å². The zero-order valence-electron chi connectivity index (χ0n) is 10.7. The van der Waals surface area contributed by atoms with Gasteiger partial charge in [-0.15, -0.1) is 0 Å². The van der Waals surface area contributed by atoms with Crippen molar-refractivity contribution in [2.75, 3.05) is 5.32 Å². The van der Waals surface area contributed by atoms with Gasteiger partial charge in [0.1, 0.15) is 5.75 Å². The highest BCUT2D eigenvalue weighted by molar-refractivity contribution is 9.10. The van der Waals surface area contributed by atoms with Gasteiger partial charge in [-0.3, -0.25) is 4.79 Å². The fraction of sp³-hybridized carbons (Fsp3) is 0.133. The van der Waals surface area contributed by atoms with Gasteiger partial charge in [0.05, 0.1) is 4.47 Å². The van der Waals surface area contributed by atoms with Gasteiger partial charge in [-0.05, 0) is 59.1 Å². The molecule has 98 valence electrons. The molecule has 4 heteroatoms. The van der Waals surface area contributed by atoms with Crippen LogP contribution < -0.4 is 5.32 Å². The van der Waals surface area contributed by atoms with Gasteiger partial charge in [0, 0.05) is 11.3 Å². The summed E-state index contributed by atoms with van der Waals surface area (Å²) in [6.45, 7) is 3.68. The molecular weight excluding hydrogens is 306 g/mol. The Morgan fingerprint density at radius 1 is 1.16 bits per heavy atom. The Balaban J connectivity index is 2.32. The average molecular weight is 320 g/mol. The number of amides is 1. The summed E-state index contributed by atoms with van der Waals surface area (Å²) in [7, 11) is 0. The number of phenolic OH excluding ortho intramolecular Hbond substituents is 1. The first-order valence-electron chi connectivity index (χ1n) is 5.85. The van der Waals surface area contributed by atoms with Crippen LogP contribution in [0.25, 0.3) is 0 Å². The van der Waals surface area contributed by atoms with Gasteiger partial charge in [0.2, 0.25) is 0 Å². The zero-order chi connectivity index (χ0) is 14.0. The van der Waals surface area contributed by atoms with Gasteiger partial charge in [-0.25, -0.2) is 0 Å². The van der Waals surface area contributed by atoms with E-state index in [0.717, 1.165) is 11.1 Å². The number of hydrogen-bond donors (Lipinski definition) is 2. The second kappa shape index (κ2) is 5.45. The highest BCUT2D eigenvalue weighted by atomic mass is 79.9. The fourth-order valence-electron chi connectivity index (χ4n) is 1.78. The molecule has 0 fully saturated rings. The molecule has 2 N–H and O–H groups in total. The van der Waals surface area contributed by atoms with Crippen LogP contribution in [0.15, 0.2) is 40.9 Å². The maximum Gasteiger partial charge on any atom is 0.255 e. The lowest BCUT2D eigenvalue weighted by atomic mass is 10.1. The molecule has 0 unspecified atom stereocenters. The first kappa shape index (κ1) is 13.6. The van der Waals surface area contributed by atoms with Crippen molar-refractivity contribution in [2.45, 2.75) is 13.8 Å². The Bertz CT molecular complexity index is 624. The van der Waals surface area contributed by atoms with E-state index in [2.05, 4.69) is 21.2 Å². The van der Waals surface area contributed by atoms with Crippen molar-refractivity contribution in [1.29, 1.82) is 0 Å². The third-order valence-corrected chi connectivity index (χ3v) is 3.71. The van der Waals surface area contributed by atoms with E-state index in [1.165, 1.54) is 0 Å². The first-order valence-corrected chi connectivity index (χ1v) is 6.65. The summed E-state index contributed by atoms with van der Waals surface area (Å²) in [5, 5.41) is 12.7. The standard InChI is InChI=1S/C15H14BrNO2/c1-9-10(2)14(18)12(16)8-13(9)17-15(19)11-6-4-3-5-7-11/h3-8,18H,1-2H3,(H,17,19). The number of halogens is 1. The minimum atomic E-state index is -0.166. The predicted molar refractivity (Wildman–Crippen MR) is 79.7 cm³/mol. The molecule has 3 nitrogen and oxygen atoms in total. The summed E-state index contributed by atoms with van der Waals surface area (Å²) in [4.78, 5) is 12.1. The number of aromatic hydroxyl groups is 1. The van der Waals surface area contributed by atoms with E-state index in [1.54, 1.807) is 18.2 Å². The van der Waals surface area contributed by atoms with Crippen molar-refractivity contribution in [3.05, 3.63) is 57.6 Å². The Morgan fingerprint density at radius 2 is 1.79 bits per heavy atom. The molecule has 19 heavy (non-hydrogen) atoms. The zero-order valence-corrected chi connectivity index (χ0v) is 12.3. The second-order valence-corrected chi connectivity index (χ2v) is 5.18. The van der Waals surface area contributed by atoms with Gasteiger partial charge < -0.3 is 10.4 Å². The van der Waals surface area contributed by atoms with Crippen LogP contribution in [0.2, 0.25) is 0 Å². The third kappa shape index (κ3) is 2.79. The Labute approximate surface area is 120 Å². The fourth-order valence-corrected chi connectivity index (χ4v) is 2.30. The van der Waals surface area contributed by atoms with Gasteiger partial charge >= 0.3 is 0 Å². The quantitative estimate of drug-likeness (QED) is 0.821. The van der Waals surface area contributed by atoms with E-state index >= 15 is 0 Å². The molecule has 0 aliphatic rings. The van der Waals surface area contributed by atoms with Crippen LogP contribution in [-0.4, -0.2) is 11.0 Å². The van der Waals surface area contributed by atoms with Crippen LogP contribution in [0.3, 0.4) is 0 Å². The van der Waals surface area contributed by atoms with E-state index in [4.69, 9.17) is 0 Å². The highest BCUT2D eigenvalue weighted by Gasteiger charge is 2.13. The molecule has 0 atom stereocenters.